The van der Waals surface area contributed by atoms with E-state index in [1.165, 1.54) is 0 Å². The summed E-state index contributed by atoms with van der Waals surface area (Å²) in [4.78, 5) is 15.6. The summed E-state index contributed by atoms with van der Waals surface area (Å²) < 4.78 is 0. The van der Waals surface area contributed by atoms with E-state index in [9.17, 15) is 4.79 Å². The van der Waals surface area contributed by atoms with E-state index in [1.54, 1.807) is 12.4 Å². The van der Waals surface area contributed by atoms with Crippen LogP contribution in [0.2, 0.25) is 0 Å². The minimum atomic E-state index is 0.170. The molecule has 1 fully saturated rings. The van der Waals surface area contributed by atoms with Gasteiger partial charge in [0.1, 0.15) is 0 Å². The van der Waals surface area contributed by atoms with Crippen LogP contribution in [0, 0.1) is 0 Å². The summed E-state index contributed by atoms with van der Waals surface area (Å²) >= 11 is 0. The molecule has 104 valence electrons. The van der Waals surface area contributed by atoms with Crippen LogP contribution in [0.5, 0.6) is 0 Å². The number of rotatable bonds is 8. The van der Waals surface area contributed by atoms with Crippen LogP contribution in [0.3, 0.4) is 0 Å². The second kappa shape index (κ2) is 6.97. The van der Waals surface area contributed by atoms with Crippen molar-refractivity contribution < 1.29 is 4.79 Å². The highest BCUT2D eigenvalue weighted by atomic mass is 16.1. The van der Waals surface area contributed by atoms with Gasteiger partial charge in [-0.2, -0.15) is 0 Å². The Balaban J connectivity index is 1.64. The lowest BCUT2D eigenvalue weighted by Gasteiger charge is -2.08. The molecule has 1 aliphatic carbocycles. The fourth-order valence-corrected chi connectivity index (χ4v) is 1.85. The molecule has 0 saturated heterocycles. The van der Waals surface area contributed by atoms with E-state index in [0.29, 0.717) is 12.5 Å². The minimum absolute atomic E-state index is 0.170. The quantitative estimate of drug-likeness (QED) is 0.627. The molecule has 1 amide bonds. The van der Waals surface area contributed by atoms with Gasteiger partial charge in [0.15, 0.2) is 0 Å². The second-order valence-corrected chi connectivity index (χ2v) is 4.86. The van der Waals surface area contributed by atoms with Crippen LogP contribution in [0.1, 0.15) is 32.6 Å². The number of hydrogen-bond donors (Lipinski definition) is 3. The summed E-state index contributed by atoms with van der Waals surface area (Å²) in [5, 5.41) is 9.49. The van der Waals surface area contributed by atoms with Gasteiger partial charge in [0, 0.05) is 25.6 Å². The lowest BCUT2D eigenvalue weighted by molar-refractivity contribution is -0.121. The predicted molar refractivity (Wildman–Crippen MR) is 77.3 cm³/mol. The smallest absolute Gasteiger partial charge is 0.220 e. The maximum absolute atomic E-state index is 11.5. The summed E-state index contributed by atoms with van der Waals surface area (Å²) in [6.07, 6.45) is 7.32. The number of anilines is 2. The molecular weight excluding hydrogens is 240 g/mol. The van der Waals surface area contributed by atoms with Crippen molar-refractivity contribution >= 4 is 17.3 Å². The SMILES string of the molecule is CCNc1cncc(NCCCC(=O)NC2CC2)c1. The van der Waals surface area contributed by atoms with Gasteiger partial charge in [0.2, 0.25) is 5.91 Å². The van der Waals surface area contributed by atoms with Gasteiger partial charge in [-0.3, -0.25) is 9.78 Å². The molecule has 3 N–H and O–H groups in total. The topological polar surface area (TPSA) is 66.0 Å². The number of amides is 1. The van der Waals surface area contributed by atoms with Crippen molar-refractivity contribution in [2.45, 2.75) is 38.6 Å². The van der Waals surface area contributed by atoms with Crippen LogP contribution in [-0.2, 0) is 4.79 Å². The third-order valence-electron chi connectivity index (χ3n) is 2.97. The van der Waals surface area contributed by atoms with E-state index in [0.717, 1.165) is 43.7 Å². The van der Waals surface area contributed by atoms with Crippen LogP contribution < -0.4 is 16.0 Å². The van der Waals surface area contributed by atoms with Gasteiger partial charge >= 0.3 is 0 Å². The van der Waals surface area contributed by atoms with Gasteiger partial charge < -0.3 is 16.0 Å². The first-order valence-corrected chi connectivity index (χ1v) is 7.00. The molecular formula is C14H22N4O. The van der Waals surface area contributed by atoms with E-state index in [1.807, 2.05) is 6.07 Å². The Bertz CT molecular complexity index is 418. The zero-order valence-corrected chi connectivity index (χ0v) is 11.4. The first kappa shape index (κ1) is 13.6. The Morgan fingerprint density at radius 1 is 1.32 bits per heavy atom. The highest BCUT2D eigenvalue weighted by Crippen LogP contribution is 2.18. The first-order chi connectivity index (χ1) is 9.28. The second-order valence-electron chi connectivity index (χ2n) is 4.86. The Kier molecular flexibility index (Phi) is 5.01. The molecule has 0 bridgehead atoms. The average molecular weight is 262 g/mol. The third kappa shape index (κ3) is 5.16. The lowest BCUT2D eigenvalue weighted by Crippen LogP contribution is -2.25. The van der Waals surface area contributed by atoms with Crippen molar-refractivity contribution in [2.75, 3.05) is 23.7 Å². The fraction of sp³-hybridized carbons (Fsp3) is 0.571. The first-order valence-electron chi connectivity index (χ1n) is 7.00. The molecule has 0 atom stereocenters. The number of carbonyl (C=O) groups excluding carboxylic acids is 1. The zero-order valence-electron chi connectivity index (χ0n) is 11.4. The number of hydrogen-bond acceptors (Lipinski definition) is 4. The normalized spacial score (nSPS) is 13.9. The Labute approximate surface area is 114 Å². The molecule has 0 spiro atoms. The number of aromatic nitrogens is 1. The van der Waals surface area contributed by atoms with Gasteiger partial charge in [-0.1, -0.05) is 0 Å². The summed E-state index contributed by atoms with van der Waals surface area (Å²) in [6, 6.07) is 2.49. The molecule has 5 heteroatoms. The van der Waals surface area contributed by atoms with Gasteiger partial charge in [0.25, 0.3) is 0 Å². The van der Waals surface area contributed by atoms with E-state index in [4.69, 9.17) is 0 Å². The summed E-state index contributed by atoms with van der Waals surface area (Å²) in [5.74, 6) is 0.170. The van der Waals surface area contributed by atoms with E-state index >= 15 is 0 Å². The Hall–Kier alpha value is -1.78. The maximum Gasteiger partial charge on any atom is 0.220 e. The van der Waals surface area contributed by atoms with Gasteiger partial charge in [-0.25, -0.2) is 0 Å². The zero-order chi connectivity index (χ0) is 13.5. The maximum atomic E-state index is 11.5. The molecule has 19 heavy (non-hydrogen) atoms. The van der Waals surface area contributed by atoms with E-state index in [2.05, 4.69) is 27.9 Å². The van der Waals surface area contributed by atoms with Crippen molar-refractivity contribution in [1.82, 2.24) is 10.3 Å². The Morgan fingerprint density at radius 3 is 2.74 bits per heavy atom. The minimum Gasteiger partial charge on any atom is -0.384 e. The van der Waals surface area contributed by atoms with Gasteiger partial charge in [-0.15, -0.1) is 0 Å². The number of carbonyl (C=O) groups is 1. The standard InChI is InChI=1S/C14H22N4O/c1-2-16-12-8-13(10-15-9-12)17-7-3-4-14(19)18-11-5-6-11/h8-11,16-17H,2-7H2,1H3,(H,18,19). The van der Waals surface area contributed by atoms with Crippen molar-refractivity contribution in [3.05, 3.63) is 18.5 Å². The van der Waals surface area contributed by atoms with Crippen LogP contribution in [0.25, 0.3) is 0 Å². The van der Waals surface area contributed by atoms with Crippen LogP contribution in [0.15, 0.2) is 18.5 Å². The van der Waals surface area contributed by atoms with Gasteiger partial charge in [-0.05, 0) is 32.3 Å². The molecule has 0 aliphatic heterocycles. The van der Waals surface area contributed by atoms with Crippen LogP contribution >= 0.6 is 0 Å². The fourth-order valence-electron chi connectivity index (χ4n) is 1.85. The van der Waals surface area contributed by atoms with Crippen molar-refractivity contribution in [3.8, 4) is 0 Å². The van der Waals surface area contributed by atoms with Crippen molar-refractivity contribution in [3.63, 3.8) is 0 Å². The molecule has 5 nitrogen and oxygen atoms in total. The average Bonchev–Trinajstić information content (AvgIpc) is 3.19. The third-order valence-corrected chi connectivity index (χ3v) is 2.97. The highest BCUT2D eigenvalue weighted by molar-refractivity contribution is 5.76. The molecule has 1 aliphatic rings. The number of nitrogens with zero attached hydrogens (tertiary/aromatic N) is 1. The molecule has 0 unspecified atom stereocenters. The van der Waals surface area contributed by atoms with E-state index in [-0.39, 0.29) is 5.91 Å². The van der Waals surface area contributed by atoms with Gasteiger partial charge in [0.05, 0.1) is 23.8 Å². The molecule has 0 radical (unpaired) electrons. The molecule has 1 aromatic heterocycles. The van der Waals surface area contributed by atoms with E-state index < -0.39 is 0 Å². The van der Waals surface area contributed by atoms with Crippen molar-refractivity contribution in [1.29, 1.82) is 0 Å². The summed E-state index contributed by atoms with van der Waals surface area (Å²) in [6.45, 7) is 3.72. The molecule has 1 heterocycles. The summed E-state index contributed by atoms with van der Waals surface area (Å²) in [5.41, 5.74) is 2.00. The Morgan fingerprint density at radius 2 is 2.05 bits per heavy atom. The molecule has 1 aromatic rings. The van der Waals surface area contributed by atoms with Crippen LogP contribution in [0.4, 0.5) is 11.4 Å². The van der Waals surface area contributed by atoms with Crippen LogP contribution in [-0.4, -0.2) is 30.0 Å². The monoisotopic (exact) mass is 262 g/mol. The molecule has 2 rings (SSSR count). The molecule has 1 saturated carbocycles. The largest absolute Gasteiger partial charge is 0.384 e. The van der Waals surface area contributed by atoms with Crippen molar-refractivity contribution in [2.24, 2.45) is 0 Å². The highest BCUT2D eigenvalue weighted by Gasteiger charge is 2.22. The lowest BCUT2D eigenvalue weighted by atomic mass is 10.3. The summed E-state index contributed by atoms with van der Waals surface area (Å²) in [7, 11) is 0. The predicted octanol–water partition coefficient (Wildman–Crippen LogP) is 1.98. The number of nitrogens with one attached hydrogen (secondary N) is 3. The number of pyridine rings is 1. The molecule has 0 aromatic carbocycles.